The Morgan fingerprint density at radius 3 is 3.19 bits per heavy atom. The van der Waals surface area contributed by atoms with E-state index in [1.165, 1.54) is 0 Å². The number of hydrogen-bond acceptors (Lipinski definition) is 4. The van der Waals surface area contributed by atoms with E-state index in [0.29, 0.717) is 11.7 Å². The number of nitrogens with zero attached hydrogens (tertiary/aromatic N) is 2. The fraction of sp³-hybridized carbons (Fsp3) is 0.467. The standard InChI is InChI=1S/C15H20N4OS/c1-10-18-14(9-21-10)11-6-13(17-7-11)15(20)19-5-3-4-12(19)8-16-2/h6-7,9,12,16-17H,3-5,8H2,1-2H3. The molecule has 2 aromatic heterocycles. The van der Waals surface area contributed by atoms with Gasteiger partial charge in [-0.25, -0.2) is 4.98 Å². The number of nitrogens with one attached hydrogen (secondary N) is 2. The van der Waals surface area contributed by atoms with Crippen LogP contribution in [0.25, 0.3) is 11.3 Å². The van der Waals surface area contributed by atoms with E-state index in [1.54, 1.807) is 11.3 Å². The molecule has 1 aliphatic rings. The number of carbonyl (C=O) groups is 1. The molecule has 3 heterocycles. The fourth-order valence-corrected chi connectivity index (χ4v) is 3.49. The lowest BCUT2D eigenvalue weighted by Crippen LogP contribution is -2.40. The van der Waals surface area contributed by atoms with Crippen LogP contribution >= 0.6 is 11.3 Å². The number of thiazole rings is 1. The highest BCUT2D eigenvalue weighted by molar-refractivity contribution is 7.09. The number of rotatable bonds is 4. The molecule has 0 aromatic carbocycles. The van der Waals surface area contributed by atoms with Gasteiger partial charge in [-0.2, -0.15) is 0 Å². The van der Waals surface area contributed by atoms with Gasteiger partial charge in [-0.3, -0.25) is 4.79 Å². The Hall–Kier alpha value is -1.66. The first-order valence-electron chi connectivity index (χ1n) is 7.25. The first-order chi connectivity index (χ1) is 10.2. The summed E-state index contributed by atoms with van der Waals surface area (Å²) >= 11 is 1.62. The van der Waals surface area contributed by atoms with Gasteiger partial charge in [0, 0.05) is 36.3 Å². The van der Waals surface area contributed by atoms with Crippen molar-refractivity contribution in [2.45, 2.75) is 25.8 Å². The third-order valence-corrected chi connectivity index (χ3v) is 4.68. The summed E-state index contributed by atoms with van der Waals surface area (Å²) in [6, 6.07) is 2.21. The second-order valence-corrected chi connectivity index (χ2v) is 6.47. The van der Waals surface area contributed by atoms with E-state index in [0.717, 1.165) is 42.2 Å². The summed E-state index contributed by atoms with van der Waals surface area (Å²) in [6.07, 6.45) is 4.02. The third kappa shape index (κ3) is 2.87. The number of likely N-dealkylation sites (tertiary alicyclic amines) is 1. The summed E-state index contributed by atoms with van der Waals surface area (Å²) in [5, 5.41) is 6.22. The molecule has 1 aliphatic heterocycles. The average Bonchev–Trinajstić information content (AvgIpc) is 3.17. The number of hydrogen-bond donors (Lipinski definition) is 2. The van der Waals surface area contributed by atoms with E-state index in [-0.39, 0.29) is 5.91 Å². The van der Waals surface area contributed by atoms with Crippen molar-refractivity contribution in [1.29, 1.82) is 0 Å². The normalized spacial score (nSPS) is 18.4. The molecule has 1 saturated heterocycles. The minimum atomic E-state index is 0.0888. The van der Waals surface area contributed by atoms with Crippen LogP contribution in [0.3, 0.4) is 0 Å². The zero-order valence-electron chi connectivity index (χ0n) is 12.3. The minimum absolute atomic E-state index is 0.0888. The van der Waals surface area contributed by atoms with Crippen molar-refractivity contribution in [1.82, 2.24) is 20.2 Å². The zero-order valence-corrected chi connectivity index (χ0v) is 13.2. The highest BCUT2D eigenvalue weighted by atomic mass is 32.1. The first kappa shape index (κ1) is 14.3. The average molecular weight is 304 g/mol. The van der Waals surface area contributed by atoms with Crippen LogP contribution in [0.1, 0.15) is 28.3 Å². The van der Waals surface area contributed by atoms with E-state index in [4.69, 9.17) is 0 Å². The maximum Gasteiger partial charge on any atom is 0.270 e. The van der Waals surface area contributed by atoms with Crippen LogP contribution in [0.2, 0.25) is 0 Å². The summed E-state index contributed by atoms with van der Waals surface area (Å²) in [4.78, 5) is 22.2. The Labute approximate surface area is 128 Å². The van der Waals surface area contributed by atoms with Crippen molar-refractivity contribution < 1.29 is 4.79 Å². The van der Waals surface area contributed by atoms with Crippen LogP contribution in [-0.2, 0) is 0 Å². The minimum Gasteiger partial charge on any atom is -0.357 e. The SMILES string of the molecule is CNCC1CCCN1C(=O)c1cc(-c2csc(C)n2)c[nH]1. The molecule has 1 amide bonds. The van der Waals surface area contributed by atoms with Crippen LogP contribution in [0, 0.1) is 6.92 Å². The van der Waals surface area contributed by atoms with E-state index >= 15 is 0 Å². The molecule has 2 N–H and O–H groups in total. The van der Waals surface area contributed by atoms with Gasteiger partial charge >= 0.3 is 0 Å². The van der Waals surface area contributed by atoms with Crippen LogP contribution in [0.5, 0.6) is 0 Å². The van der Waals surface area contributed by atoms with E-state index in [1.807, 2.05) is 36.5 Å². The van der Waals surface area contributed by atoms with Crippen LogP contribution in [-0.4, -0.2) is 47.0 Å². The maximum atomic E-state index is 12.6. The van der Waals surface area contributed by atoms with Gasteiger partial charge in [0.05, 0.1) is 10.7 Å². The summed E-state index contributed by atoms with van der Waals surface area (Å²) < 4.78 is 0. The molecule has 1 unspecified atom stereocenters. The van der Waals surface area contributed by atoms with Gasteiger partial charge in [0.15, 0.2) is 0 Å². The number of likely N-dealkylation sites (N-methyl/N-ethyl adjacent to an activating group) is 1. The van der Waals surface area contributed by atoms with Crippen LogP contribution < -0.4 is 5.32 Å². The fourth-order valence-electron chi connectivity index (χ4n) is 2.87. The second-order valence-electron chi connectivity index (χ2n) is 5.41. The maximum absolute atomic E-state index is 12.6. The lowest BCUT2D eigenvalue weighted by Gasteiger charge is -2.23. The predicted molar refractivity (Wildman–Crippen MR) is 84.6 cm³/mol. The zero-order chi connectivity index (χ0) is 14.8. The van der Waals surface area contributed by atoms with Gasteiger partial charge < -0.3 is 15.2 Å². The molecule has 0 spiro atoms. The number of carbonyl (C=O) groups excluding carboxylic acids is 1. The van der Waals surface area contributed by atoms with Crippen molar-refractivity contribution in [3.05, 3.63) is 28.3 Å². The van der Waals surface area contributed by atoms with Gasteiger partial charge in [0.1, 0.15) is 5.69 Å². The topological polar surface area (TPSA) is 61.0 Å². The molecule has 1 atom stereocenters. The Morgan fingerprint density at radius 1 is 1.62 bits per heavy atom. The molecule has 0 aliphatic carbocycles. The van der Waals surface area contributed by atoms with Crippen molar-refractivity contribution in [2.75, 3.05) is 20.1 Å². The van der Waals surface area contributed by atoms with Gasteiger partial charge in [-0.15, -0.1) is 11.3 Å². The molecule has 112 valence electrons. The highest BCUT2D eigenvalue weighted by Crippen LogP contribution is 2.24. The lowest BCUT2D eigenvalue weighted by molar-refractivity contribution is 0.0732. The molecule has 5 nitrogen and oxygen atoms in total. The summed E-state index contributed by atoms with van der Waals surface area (Å²) in [7, 11) is 1.93. The summed E-state index contributed by atoms with van der Waals surface area (Å²) in [5.74, 6) is 0.0888. The molecular formula is C15H20N4OS. The highest BCUT2D eigenvalue weighted by Gasteiger charge is 2.29. The van der Waals surface area contributed by atoms with E-state index in [9.17, 15) is 4.79 Å². The van der Waals surface area contributed by atoms with E-state index in [2.05, 4.69) is 15.3 Å². The molecule has 0 bridgehead atoms. The molecule has 6 heteroatoms. The van der Waals surface area contributed by atoms with Gasteiger partial charge in [0.25, 0.3) is 5.91 Å². The summed E-state index contributed by atoms with van der Waals surface area (Å²) in [6.45, 7) is 3.68. The monoisotopic (exact) mass is 304 g/mol. The Bertz CT molecular complexity index is 633. The Balaban J connectivity index is 1.78. The molecule has 21 heavy (non-hydrogen) atoms. The molecule has 2 aromatic rings. The first-order valence-corrected chi connectivity index (χ1v) is 8.13. The lowest BCUT2D eigenvalue weighted by atomic mass is 10.2. The third-order valence-electron chi connectivity index (χ3n) is 3.91. The van der Waals surface area contributed by atoms with Crippen LogP contribution in [0.4, 0.5) is 0 Å². The quantitative estimate of drug-likeness (QED) is 0.911. The van der Waals surface area contributed by atoms with Gasteiger partial charge in [-0.05, 0) is 32.9 Å². The molecule has 3 rings (SSSR count). The second kappa shape index (κ2) is 5.99. The molecule has 0 radical (unpaired) electrons. The number of aromatic amines is 1. The molecule has 1 fully saturated rings. The van der Waals surface area contributed by atoms with Gasteiger partial charge in [0.2, 0.25) is 0 Å². The number of amides is 1. The Morgan fingerprint density at radius 2 is 2.48 bits per heavy atom. The molecular weight excluding hydrogens is 284 g/mol. The Kier molecular flexibility index (Phi) is 4.07. The number of aromatic nitrogens is 2. The van der Waals surface area contributed by atoms with Crippen molar-refractivity contribution in [2.24, 2.45) is 0 Å². The molecule has 0 saturated carbocycles. The van der Waals surface area contributed by atoms with Crippen LogP contribution in [0.15, 0.2) is 17.6 Å². The van der Waals surface area contributed by atoms with Gasteiger partial charge in [-0.1, -0.05) is 0 Å². The predicted octanol–water partition coefficient (Wildman–Crippen LogP) is 2.27. The van der Waals surface area contributed by atoms with Crippen molar-refractivity contribution in [3.63, 3.8) is 0 Å². The van der Waals surface area contributed by atoms with Crippen molar-refractivity contribution >= 4 is 17.2 Å². The van der Waals surface area contributed by atoms with Crippen molar-refractivity contribution in [3.8, 4) is 11.3 Å². The summed E-state index contributed by atoms with van der Waals surface area (Å²) in [5.41, 5.74) is 2.56. The smallest absolute Gasteiger partial charge is 0.270 e. The largest absolute Gasteiger partial charge is 0.357 e. The van der Waals surface area contributed by atoms with E-state index < -0.39 is 0 Å². The number of aryl methyl sites for hydroxylation is 1. The number of H-pyrrole nitrogens is 1.